The Morgan fingerprint density at radius 2 is 2.07 bits per heavy atom. The molecule has 0 spiro atoms. The van der Waals surface area contributed by atoms with Crippen LogP contribution < -0.4 is 9.47 Å². The van der Waals surface area contributed by atoms with E-state index >= 15 is 0 Å². The Hall–Kier alpha value is -1.62. The molecule has 0 bridgehead atoms. The summed E-state index contributed by atoms with van der Waals surface area (Å²) in [4.78, 5) is 0. The number of rotatable bonds is 4. The first-order valence-electron chi connectivity index (χ1n) is 4.57. The highest BCUT2D eigenvalue weighted by atomic mass is 16.5. The minimum absolute atomic E-state index is 0.267. The average Bonchev–Trinajstić information content (AvgIpc) is 2.17. The lowest BCUT2D eigenvalue weighted by atomic mass is 10.2. The summed E-state index contributed by atoms with van der Waals surface area (Å²) in [7, 11) is 0. The van der Waals surface area contributed by atoms with Crippen LogP contribution in [-0.2, 0) is 0 Å². The summed E-state index contributed by atoms with van der Waals surface area (Å²) in [6.07, 6.45) is 5.11. The van der Waals surface area contributed by atoms with E-state index in [2.05, 4.69) is 5.92 Å². The summed E-state index contributed by atoms with van der Waals surface area (Å²) in [6, 6.07) is 5.78. The second-order valence-electron chi connectivity index (χ2n) is 2.88. The van der Waals surface area contributed by atoms with Crippen molar-refractivity contribution in [2.24, 2.45) is 0 Å². The lowest BCUT2D eigenvalue weighted by Gasteiger charge is -2.10. The van der Waals surface area contributed by atoms with Crippen LogP contribution in [0.15, 0.2) is 18.2 Å². The first kappa shape index (κ1) is 10.5. The molecule has 1 aromatic rings. The second kappa shape index (κ2) is 5.18. The van der Waals surface area contributed by atoms with Crippen LogP contribution in [0, 0.1) is 19.3 Å². The lowest BCUT2D eigenvalue weighted by molar-refractivity contribution is 0.299. The van der Waals surface area contributed by atoms with Crippen LogP contribution in [0.4, 0.5) is 0 Å². The number of benzene rings is 1. The van der Waals surface area contributed by atoms with E-state index in [1.165, 1.54) is 0 Å². The first-order valence-corrected chi connectivity index (χ1v) is 4.57. The van der Waals surface area contributed by atoms with Crippen LogP contribution in [0.3, 0.4) is 0 Å². The summed E-state index contributed by atoms with van der Waals surface area (Å²) >= 11 is 0. The SMILES string of the molecule is C#CCOc1ccc(C)cc1OCC. The molecule has 0 aliphatic carbocycles. The molecule has 2 heteroatoms. The van der Waals surface area contributed by atoms with Gasteiger partial charge < -0.3 is 9.47 Å². The molecule has 0 atom stereocenters. The van der Waals surface area contributed by atoms with Gasteiger partial charge in [0.2, 0.25) is 0 Å². The Morgan fingerprint density at radius 1 is 1.29 bits per heavy atom. The van der Waals surface area contributed by atoms with Gasteiger partial charge in [0.1, 0.15) is 6.61 Å². The van der Waals surface area contributed by atoms with Crippen LogP contribution in [-0.4, -0.2) is 13.2 Å². The normalized spacial score (nSPS) is 9.21. The highest BCUT2D eigenvalue weighted by molar-refractivity contribution is 5.42. The van der Waals surface area contributed by atoms with E-state index in [9.17, 15) is 0 Å². The van der Waals surface area contributed by atoms with Crippen LogP contribution in [0.1, 0.15) is 12.5 Å². The summed E-state index contributed by atoms with van der Waals surface area (Å²) in [5.74, 6) is 3.88. The molecule has 0 aromatic heterocycles. The maximum Gasteiger partial charge on any atom is 0.162 e. The monoisotopic (exact) mass is 190 g/mol. The van der Waals surface area contributed by atoms with E-state index in [1.54, 1.807) is 0 Å². The predicted octanol–water partition coefficient (Wildman–Crippen LogP) is 2.41. The zero-order valence-corrected chi connectivity index (χ0v) is 8.54. The third kappa shape index (κ3) is 2.70. The average molecular weight is 190 g/mol. The predicted molar refractivity (Wildman–Crippen MR) is 56.7 cm³/mol. The van der Waals surface area contributed by atoms with Gasteiger partial charge in [-0.25, -0.2) is 0 Å². The molecule has 0 radical (unpaired) electrons. The Labute approximate surface area is 84.8 Å². The zero-order chi connectivity index (χ0) is 10.4. The molecular formula is C12H14O2. The maximum absolute atomic E-state index is 5.42. The lowest BCUT2D eigenvalue weighted by Crippen LogP contribution is -1.99. The van der Waals surface area contributed by atoms with Crippen molar-refractivity contribution < 1.29 is 9.47 Å². The van der Waals surface area contributed by atoms with Gasteiger partial charge in [-0.05, 0) is 31.5 Å². The van der Waals surface area contributed by atoms with Gasteiger partial charge in [0.05, 0.1) is 6.61 Å². The Morgan fingerprint density at radius 3 is 2.71 bits per heavy atom. The molecular weight excluding hydrogens is 176 g/mol. The Balaban J connectivity index is 2.85. The van der Waals surface area contributed by atoms with Gasteiger partial charge in [-0.1, -0.05) is 12.0 Å². The minimum atomic E-state index is 0.267. The van der Waals surface area contributed by atoms with Crippen molar-refractivity contribution >= 4 is 0 Å². The third-order valence-electron chi connectivity index (χ3n) is 1.71. The number of ether oxygens (including phenoxy) is 2. The van der Waals surface area contributed by atoms with Crippen LogP contribution in [0.5, 0.6) is 11.5 Å². The van der Waals surface area contributed by atoms with Crippen molar-refractivity contribution in [3.05, 3.63) is 23.8 Å². The van der Waals surface area contributed by atoms with Gasteiger partial charge in [-0.15, -0.1) is 6.42 Å². The maximum atomic E-state index is 5.42. The quantitative estimate of drug-likeness (QED) is 0.679. The van der Waals surface area contributed by atoms with E-state index in [4.69, 9.17) is 15.9 Å². The van der Waals surface area contributed by atoms with E-state index in [1.807, 2.05) is 32.0 Å². The van der Waals surface area contributed by atoms with Crippen LogP contribution in [0.25, 0.3) is 0 Å². The number of aryl methyl sites for hydroxylation is 1. The topological polar surface area (TPSA) is 18.5 Å². The zero-order valence-electron chi connectivity index (χ0n) is 8.54. The van der Waals surface area contributed by atoms with Gasteiger partial charge in [0, 0.05) is 0 Å². The fraction of sp³-hybridized carbons (Fsp3) is 0.333. The van der Waals surface area contributed by atoms with Gasteiger partial charge in [0.25, 0.3) is 0 Å². The van der Waals surface area contributed by atoms with Crippen molar-refractivity contribution in [1.82, 2.24) is 0 Å². The molecule has 0 saturated heterocycles. The Bertz CT molecular complexity index is 337. The smallest absolute Gasteiger partial charge is 0.162 e. The molecule has 0 unspecified atom stereocenters. The number of hydrogen-bond acceptors (Lipinski definition) is 2. The van der Waals surface area contributed by atoms with Crippen molar-refractivity contribution in [1.29, 1.82) is 0 Å². The summed E-state index contributed by atoms with van der Waals surface area (Å²) < 4.78 is 10.8. The third-order valence-corrected chi connectivity index (χ3v) is 1.71. The fourth-order valence-electron chi connectivity index (χ4n) is 1.12. The molecule has 0 amide bonds. The molecule has 0 heterocycles. The summed E-state index contributed by atoms with van der Waals surface area (Å²) in [6.45, 7) is 4.83. The largest absolute Gasteiger partial charge is 0.490 e. The van der Waals surface area contributed by atoms with Gasteiger partial charge in [0.15, 0.2) is 11.5 Å². The molecule has 0 aliphatic heterocycles. The van der Waals surface area contributed by atoms with Gasteiger partial charge in [-0.2, -0.15) is 0 Å². The molecule has 1 aromatic carbocycles. The molecule has 1 rings (SSSR count). The highest BCUT2D eigenvalue weighted by Gasteiger charge is 2.03. The van der Waals surface area contributed by atoms with Crippen molar-refractivity contribution in [3.8, 4) is 23.8 Å². The van der Waals surface area contributed by atoms with Crippen molar-refractivity contribution in [2.75, 3.05) is 13.2 Å². The molecule has 74 valence electrons. The number of hydrogen-bond donors (Lipinski definition) is 0. The van der Waals surface area contributed by atoms with E-state index in [0.717, 1.165) is 11.3 Å². The van der Waals surface area contributed by atoms with Crippen LogP contribution in [0.2, 0.25) is 0 Å². The van der Waals surface area contributed by atoms with E-state index < -0.39 is 0 Å². The van der Waals surface area contributed by atoms with Gasteiger partial charge in [-0.3, -0.25) is 0 Å². The Kier molecular flexibility index (Phi) is 3.87. The van der Waals surface area contributed by atoms with E-state index in [0.29, 0.717) is 12.4 Å². The van der Waals surface area contributed by atoms with Crippen molar-refractivity contribution in [3.63, 3.8) is 0 Å². The van der Waals surface area contributed by atoms with Crippen molar-refractivity contribution in [2.45, 2.75) is 13.8 Å². The van der Waals surface area contributed by atoms with E-state index in [-0.39, 0.29) is 6.61 Å². The fourth-order valence-corrected chi connectivity index (χ4v) is 1.12. The highest BCUT2D eigenvalue weighted by Crippen LogP contribution is 2.27. The molecule has 14 heavy (non-hydrogen) atoms. The minimum Gasteiger partial charge on any atom is -0.490 e. The molecule has 2 nitrogen and oxygen atoms in total. The first-order chi connectivity index (χ1) is 6.77. The molecule has 0 saturated carbocycles. The molecule has 0 fully saturated rings. The summed E-state index contributed by atoms with van der Waals surface area (Å²) in [5, 5.41) is 0. The standard InChI is InChI=1S/C12H14O2/c1-4-8-14-11-7-6-10(3)9-12(11)13-5-2/h1,6-7,9H,5,8H2,2-3H3. The second-order valence-corrected chi connectivity index (χ2v) is 2.88. The molecule has 0 aliphatic rings. The van der Waals surface area contributed by atoms with Gasteiger partial charge >= 0.3 is 0 Å². The van der Waals surface area contributed by atoms with Crippen LogP contribution >= 0.6 is 0 Å². The summed E-state index contributed by atoms with van der Waals surface area (Å²) in [5.41, 5.74) is 1.14. The molecule has 0 N–H and O–H groups in total. The number of terminal acetylenes is 1.